The fraction of sp³-hybridized carbons (Fsp3) is 1.00. The maximum absolute atomic E-state index is 4.51. The van der Waals surface area contributed by atoms with Crippen LogP contribution in [0.2, 0.25) is 0 Å². The van der Waals surface area contributed by atoms with Crippen molar-refractivity contribution < 1.29 is 5.73 Å². The third-order valence-corrected chi connectivity index (χ3v) is 6.13. The van der Waals surface area contributed by atoms with E-state index in [4.69, 9.17) is 0 Å². The Kier molecular flexibility index (Phi) is 4.41. The summed E-state index contributed by atoms with van der Waals surface area (Å²) < 4.78 is 0. The molecule has 0 aliphatic heterocycles. The summed E-state index contributed by atoms with van der Waals surface area (Å²) >= 11 is 0. The average molecular weight is 252 g/mol. The zero-order valence-corrected chi connectivity index (χ0v) is 12.9. The molecule has 4 atom stereocenters. The largest absolute Gasteiger partial charge is 0.355 e. The molecule has 4 unspecified atom stereocenters. The highest BCUT2D eigenvalue weighted by Crippen LogP contribution is 2.49. The molecular formula is C17H34N+. The second kappa shape index (κ2) is 5.53. The van der Waals surface area contributed by atoms with Gasteiger partial charge in [0.1, 0.15) is 0 Å². The van der Waals surface area contributed by atoms with E-state index in [0.717, 1.165) is 5.92 Å². The second-order valence-corrected chi connectivity index (χ2v) is 7.94. The topological polar surface area (TPSA) is 27.6 Å². The van der Waals surface area contributed by atoms with E-state index in [1.807, 2.05) is 0 Å². The Labute approximate surface area is 114 Å². The zero-order valence-electron chi connectivity index (χ0n) is 12.9. The Morgan fingerprint density at radius 1 is 1.00 bits per heavy atom. The number of hydrogen-bond donors (Lipinski definition) is 1. The smallest absolute Gasteiger partial charge is 0.0854 e. The van der Waals surface area contributed by atoms with Crippen molar-refractivity contribution in [1.29, 1.82) is 0 Å². The van der Waals surface area contributed by atoms with Crippen LogP contribution in [0, 0.1) is 16.7 Å². The van der Waals surface area contributed by atoms with Gasteiger partial charge in [-0.1, -0.05) is 46.5 Å². The lowest BCUT2D eigenvalue weighted by atomic mass is 9.60. The summed E-state index contributed by atoms with van der Waals surface area (Å²) in [6.45, 7) is 7.51. The van der Waals surface area contributed by atoms with E-state index in [1.54, 1.807) is 0 Å². The van der Waals surface area contributed by atoms with E-state index < -0.39 is 0 Å². The van der Waals surface area contributed by atoms with Crippen molar-refractivity contribution in [3.05, 3.63) is 0 Å². The molecule has 0 aromatic heterocycles. The number of rotatable bonds is 1. The Bertz CT molecular complexity index is 275. The predicted octanol–water partition coefficient (Wildman–Crippen LogP) is 4.17. The summed E-state index contributed by atoms with van der Waals surface area (Å²) in [5.41, 5.74) is 5.70. The standard InChI is InChI=1S/C17H33N/c1-4-14-8-5-6-9-16(2)10-7-11-17(14,3)13-15(18)12-16/h14-15H,4-13,18H2,1-3H3/p+1. The minimum Gasteiger partial charge on any atom is -0.355 e. The first-order chi connectivity index (χ1) is 8.47. The van der Waals surface area contributed by atoms with Crippen LogP contribution >= 0.6 is 0 Å². The molecule has 0 aromatic rings. The van der Waals surface area contributed by atoms with E-state index in [9.17, 15) is 0 Å². The molecule has 0 amide bonds. The number of quaternary nitrogens is 1. The molecule has 0 radical (unpaired) electrons. The fourth-order valence-electron chi connectivity index (χ4n) is 5.14. The molecule has 3 N–H and O–H groups in total. The summed E-state index contributed by atoms with van der Waals surface area (Å²) in [6.07, 6.45) is 14.3. The van der Waals surface area contributed by atoms with Gasteiger partial charge in [-0.15, -0.1) is 0 Å². The van der Waals surface area contributed by atoms with Crippen LogP contribution in [0.1, 0.15) is 85.0 Å². The molecule has 1 nitrogen and oxygen atoms in total. The van der Waals surface area contributed by atoms with Crippen LogP contribution < -0.4 is 5.73 Å². The van der Waals surface area contributed by atoms with Gasteiger partial charge in [0.25, 0.3) is 0 Å². The van der Waals surface area contributed by atoms with Crippen molar-refractivity contribution >= 4 is 0 Å². The van der Waals surface area contributed by atoms with Gasteiger partial charge in [-0.25, -0.2) is 0 Å². The first-order valence-corrected chi connectivity index (χ1v) is 8.30. The maximum Gasteiger partial charge on any atom is 0.0854 e. The molecule has 106 valence electrons. The Morgan fingerprint density at radius 3 is 2.44 bits per heavy atom. The highest BCUT2D eigenvalue weighted by Gasteiger charge is 2.41. The quantitative estimate of drug-likeness (QED) is 0.725. The zero-order chi connectivity index (χ0) is 13.2. The van der Waals surface area contributed by atoms with Gasteiger partial charge in [0.05, 0.1) is 6.04 Å². The van der Waals surface area contributed by atoms with Crippen molar-refractivity contribution in [2.75, 3.05) is 0 Å². The third-order valence-electron chi connectivity index (χ3n) is 6.13. The summed E-state index contributed by atoms with van der Waals surface area (Å²) in [5, 5.41) is 0. The molecule has 3 aliphatic rings. The van der Waals surface area contributed by atoms with Gasteiger partial charge < -0.3 is 5.73 Å². The molecule has 18 heavy (non-hydrogen) atoms. The highest BCUT2D eigenvalue weighted by molar-refractivity contribution is 4.91. The lowest BCUT2D eigenvalue weighted by Crippen LogP contribution is -2.64. The van der Waals surface area contributed by atoms with Crippen LogP contribution in [0.25, 0.3) is 0 Å². The van der Waals surface area contributed by atoms with Gasteiger partial charge >= 0.3 is 0 Å². The normalized spacial score (nSPS) is 46.7. The van der Waals surface area contributed by atoms with Crippen LogP contribution in [0.3, 0.4) is 0 Å². The van der Waals surface area contributed by atoms with Gasteiger partial charge in [0.15, 0.2) is 0 Å². The molecular weight excluding hydrogens is 218 g/mol. The van der Waals surface area contributed by atoms with Gasteiger partial charge in [-0.3, -0.25) is 0 Å². The van der Waals surface area contributed by atoms with Crippen LogP contribution in [-0.2, 0) is 0 Å². The lowest BCUT2D eigenvalue weighted by Gasteiger charge is -2.45. The SMILES string of the molecule is CCC1CCCCC2(C)CCCC1(C)CC([NH3+])C2. The molecule has 3 aliphatic carbocycles. The molecule has 3 rings (SSSR count). The number of fused-ring (bicyclic) bond motifs is 8. The van der Waals surface area contributed by atoms with E-state index in [0.29, 0.717) is 16.9 Å². The molecule has 0 aromatic carbocycles. The van der Waals surface area contributed by atoms with Crippen molar-refractivity contribution in [3.8, 4) is 0 Å². The Morgan fingerprint density at radius 2 is 1.72 bits per heavy atom. The van der Waals surface area contributed by atoms with Gasteiger partial charge in [-0.05, 0) is 42.4 Å². The van der Waals surface area contributed by atoms with Gasteiger partial charge in [-0.2, -0.15) is 0 Å². The van der Waals surface area contributed by atoms with E-state index >= 15 is 0 Å². The summed E-state index contributed by atoms with van der Waals surface area (Å²) in [4.78, 5) is 0. The monoisotopic (exact) mass is 252 g/mol. The van der Waals surface area contributed by atoms with Crippen LogP contribution in [0.15, 0.2) is 0 Å². The maximum atomic E-state index is 4.51. The average Bonchev–Trinajstić information content (AvgIpc) is 2.26. The fourth-order valence-corrected chi connectivity index (χ4v) is 5.14. The summed E-state index contributed by atoms with van der Waals surface area (Å²) in [6, 6.07) is 0.687. The first-order valence-electron chi connectivity index (χ1n) is 8.30. The van der Waals surface area contributed by atoms with E-state index in [-0.39, 0.29) is 0 Å². The molecule has 1 heteroatoms. The lowest BCUT2D eigenvalue weighted by molar-refractivity contribution is -0.433. The van der Waals surface area contributed by atoms with Gasteiger partial charge in [0, 0.05) is 12.8 Å². The Hall–Kier alpha value is -0.0400. The second-order valence-electron chi connectivity index (χ2n) is 7.94. The number of hydrogen-bond acceptors (Lipinski definition) is 0. The molecule has 3 fully saturated rings. The highest BCUT2D eigenvalue weighted by atomic mass is 14.7. The Balaban J connectivity index is 2.22. The first kappa shape index (κ1) is 14.4. The van der Waals surface area contributed by atoms with Gasteiger partial charge in [0.2, 0.25) is 0 Å². The molecule has 2 bridgehead atoms. The molecule has 0 saturated heterocycles. The van der Waals surface area contributed by atoms with Crippen molar-refractivity contribution in [1.82, 2.24) is 0 Å². The summed E-state index contributed by atoms with van der Waals surface area (Å²) in [5.74, 6) is 0.948. The van der Waals surface area contributed by atoms with Crippen molar-refractivity contribution in [2.24, 2.45) is 16.7 Å². The predicted molar refractivity (Wildman–Crippen MR) is 78.2 cm³/mol. The summed E-state index contributed by atoms with van der Waals surface area (Å²) in [7, 11) is 0. The van der Waals surface area contributed by atoms with Crippen molar-refractivity contribution in [2.45, 2.75) is 91.0 Å². The molecule has 3 saturated carbocycles. The minimum atomic E-state index is 0.583. The van der Waals surface area contributed by atoms with Crippen LogP contribution in [0.5, 0.6) is 0 Å². The molecule has 0 spiro atoms. The minimum absolute atomic E-state index is 0.583. The third kappa shape index (κ3) is 3.10. The van der Waals surface area contributed by atoms with Crippen LogP contribution in [-0.4, -0.2) is 6.04 Å². The molecule has 0 heterocycles. The van der Waals surface area contributed by atoms with E-state index in [2.05, 4.69) is 26.5 Å². The van der Waals surface area contributed by atoms with Crippen molar-refractivity contribution in [3.63, 3.8) is 0 Å². The van der Waals surface area contributed by atoms with E-state index in [1.165, 1.54) is 64.2 Å². The van der Waals surface area contributed by atoms with Crippen LogP contribution in [0.4, 0.5) is 0 Å².